The topological polar surface area (TPSA) is 35.0 Å². The number of nitrogens with zero attached hydrogens (tertiary/aromatic N) is 2. The zero-order valence-corrected chi connectivity index (χ0v) is 7.57. The van der Waals surface area contributed by atoms with Crippen molar-refractivity contribution in [2.24, 2.45) is 0 Å². The summed E-state index contributed by atoms with van der Waals surface area (Å²) < 4.78 is 4.82. The van der Waals surface area contributed by atoms with Crippen molar-refractivity contribution in [3.05, 3.63) is 15.7 Å². The molecule has 0 saturated carbocycles. The summed E-state index contributed by atoms with van der Waals surface area (Å²) in [7, 11) is 1.48. The normalized spacial score (nSPS) is 9.82. The lowest BCUT2D eigenvalue weighted by Gasteiger charge is -2.02. The van der Waals surface area contributed by atoms with Gasteiger partial charge in [-0.1, -0.05) is 23.2 Å². The number of hydrogen-bond acceptors (Lipinski definition) is 3. The van der Waals surface area contributed by atoms with E-state index < -0.39 is 0 Å². The van der Waals surface area contributed by atoms with Gasteiger partial charge in [0.05, 0.1) is 7.11 Å². The van der Waals surface area contributed by atoms with Gasteiger partial charge in [0.15, 0.2) is 5.15 Å². The van der Waals surface area contributed by atoms with E-state index in [0.29, 0.717) is 21.6 Å². The molecule has 0 aliphatic heterocycles. The largest absolute Gasteiger partial charge is 0.479 e. The predicted octanol–water partition coefficient (Wildman–Crippen LogP) is 2.10. The highest BCUT2D eigenvalue weighted by molar-refractivity contribution is 6.35. The molecule has 0 unspecified atom stereocenters. The molecule has 1 rings (SSSR count). The summed E-state index contributed by atoms with van der Waals surface area (Å²) in [5.41, 5.74) is 0.681. The van der Waals surface area contributed by atoms with Crippen LogP contribution in [0.5, 0.6) is 5.88 Å². The van der Waals surface area contributed by atoms with Crippen molar-refractivity contribution in [3.63, 3.8) is 0 Å². The van der Waals surface area contributed by atoms with Gasteiger partial charge in [-0.05, 0) is 6.92 Å². The van der Waals surface area contributed by atoms with Crippen LogP contribution in [0.3, 0.4) is 0 Å². The van der Waals surface area contributed by atoms with Gasteiger partial charge in [-0.25, -0.2) is 0 Å². The predicted molar refractivity (Wildman–Crippen MR) is 43.3 cm³/mol. The second-order valence-corrected chi connectivity index (χ2v) is 2.68. The molecule has 0 aromatic carbocycles. The van der Waals surface area contributed by atoms with E-state index in [9.17, 15) is 0 Å². The van der Waals surface area contributed by atoms with E-state index in [1.807, 2.05) is 0 Å². The molecule has 1 aromatic rings. The summed E-state index contributed by atoms with van der Waals surface area (Å²) in [5, 5.41) is 7.95. The fourth-order valence-electron chi connectivity index (χ4n) is 0.590. The van der Waals surface area contributed by atoms with E-state index in [1.54, 1.807) is 6.92 Å². The maximum absolute atomic E-state index is 5.79. The number of methoxy groups -OCH3 is 1. The van der Waals surface area contributed by atoms with Crippen LogP contribution >= 0.6 is 23.2 Å². The SMILES string of the molecule is COc1nnc(Cl)c(C)c1Cl. The molecule has 0 N–H and O–H groups in total. The summed E-state index contributed by atoms with van der Waals surface area (Å²) >= 11 is 11.4. The highest BCUT2D eigenvalue weighted by atomic mass is 35.5. The quantitative estimate of drug-likeness (QED) is 0.684. The minimum absolute atomic E-state index is 0.300. The Morgan fingerprint density at radius 2 is 1.91 bits per heavy atom. The van der Waals surface area contributed by atoms with E-state index >= 15 is 0 Å². The Morgan fingerprint density at radius 3 is 2.45 bits per heavy atom. The van der Waals surface area contributed by atoms with E-state index in [0.717, 1.165) is 0 Å². The Labute approximate surface area is 74.3 Å². The molecule has 11 heavy (non-hydrogen) atoms. The summed E-state index contributed by atoms with van der Waals surface area (Å²) in [6.07, 6.45) is 0. The van der Waals surface area contributed by atoms with E-state index in [2.05, 4.69) is 10.2 Å². The van der Waals surface area contributed by atoms with Gasteiger partial charge in [-0.2, -0.15) is 0 Å². The average molecular weight is 193 g/mol. The van der Waals surface area contributed by atoms with Gasteiger partial charge in [0.2, 0.25) is 0 Å². The van der Waals surface area contributed by atoms with Gasteiger partial charge >= 0.3 is 0 Å². The molecule has 0 saturated heterocycles. The molecule has 1 aromatic heterocycles. The standard InChI is InChI=1S/C6H6Cl2N2O/c1-3-4(7)6(11-2)10-9-5(3)8/h1-2H3. The monoisotopic (exact) mass is 192 g/mol. The van der Waals surface area contributed by atoms with Crippen LogP contribution in [0.1, 0.15) is 5.56 Å². The summed E-state index contributed by atoms with van der Waals surface area (Å²) in [4.78, 5) is 0. The van der Waals surface area contributed by atoms with Crippen LogP contribution in [0.2, 0.25) is 10.2 Å². The third kappa shape index (κ3) is 1.54. The Bertz CT molecular complexity index is 278. The minimum Gasteiger partial charge on any atom is -0.479 e. The molecule has 1 heterocycles. The first-order valence-electron chi connectivity index (χ1n) is 2.89. The Balaban J connectivity index is 3.25. The second kappa shape index (κ2) is 3.24. The summed E-state index contributed by atoms with van der Waals surface area (Å²) in [6.45, 7) is 1.75. The molecule has 3 nitrogen and oxygen atoms in total. The zero-order valence-electron chi connectivity index (χ0n) is 6.06. The minimum atomic E-state index is 0.300. The smallest absolute Gasteiger partial charge is 0.252 e. The molecule has 0 aliphatic carbocycles. The number of rotatable bonds is 1. The zero-order chi connectivity index (χ0) is 8.43. The third-order valence-corrected chi connectivity index (χ3v) is 2.05. The van der Waals surface area contributed by atoms with Crippen LogP contribution in [0.15, 0.2) is 0 Å². The van der Waals surface area contributed by atoms with Crippen LogP contribution in [0.4, 0.5) is 0 Å². The molecule has 0 radical (unpaired) electrons. The van der Waals surface area contributed by atoms with E-state index in [-0.39, 0.29) is 0 Å². The van der Waals surface area contributed by atoms with Gasteiger partial charge < -0.3 is 4.74 Å². The summed E-state index contributed by atoms with van der Waals surface area (Å²) in [6, 6.07) is 0. The van der Waals surface area contributed by atoms with Gasteiger partial charge in [-0.3, -0.25) is 0 Å². The van der Waals surface area contributed by atoms with Crippen LogP contribution in [0, 0.1) is 6.92 Å². The van der Waals surface area contributed by atoms with Crippen LogP contribution in [0.25, 0.3) is 0 Å². The van der Waals surface area contributed by atoms with Crippen molar-refractivity contribution in [1.82, 2.24) is 10.2 Å². The fraction of sp³-hybridized carbons (Fsp3) is 0.333. The van der Waals surface area contributed by atoms with Crippen molar-refractivity contribution in [3.8, 4) is 5.88 Å². The Morgan fingerprint density at radius 1 is 1.27 bits per heavy atom. The number of ether oxygens (including phenoxy) is 1. The lowest BCUT2D eigenvalue weighted by molar-refractivity contribution is 0.392. The van der Waals surface area contributed by atoms with Gasteiger partial charge in [0, 0.05) is 5.56 Å². The highest BCUT2D eigenvalue weighted by Crippen LogP contribution is 2.27. The first-order chi connectivity index (χ1) is 5.16. The Hall–Kier alpha value is -0.540. The molecular weight excluding hydrogens is 187 g/mol. The summed E-state index contributed by atoms with van der Waals surface area (Å²) in [5.74, 6) is 0.300. The fourth-order valence-corrected chi connectivity index (χ4v) is 0.975. The van der Waals surface area contributed by atoms with Gasteiger partial charge in [0.1, 0.15) is 5.02 Å². The second-order valence-electron chi connectivity index (χ2n) is 1.94. The maximum atomic E-state index is 5.79. The maximum Gasteiger partial charge on any atom is 0.252 e. The van der Waals surface area contributed by atoms with Crippen molar-refractivity contribution in [1.29, 1.82) is 0 Å². The van der Waals surface area contributed by atoms with Gasteiger partial charge in [-0.15, -0.1) is 10.2 Å². The van der Waals surface area contributed by atoms with E-state index in [4.69, 9.17) is 27.9 Å². The lowest BCUT2D eigenvalue weighted by atomic mass is 10.3. The van der Waals surface area contributed by atoms with Crippen molar-refractivity contribution >= 4 is 23.2 Å². The van der Waals surface area contributed by atoms with Crippen molar-refractivity contribution in [2.75, 3.05) is 7.11 Å². The Kier molecular flexibility index (Phi) is 2.52. The molecule has 0 atom stereocenters. The van der Waals surface area contributed by atoms with Crippen molar-refractivity contribution < 1.29 is 4.74 Å². The third-order valence-electron chi connectivity index (χ3n) is 1.25. The average Bonchev–Trinajstić information content (AvgIpc) is 2.01. The lowest BCUT2D eigenvalue weighted by Crippen LogP contribution is -1.94. The number of halogens is 2. The molecule has 60 valence electrons. The van der Waals surface area contributed by atoms with Crippen LogP contribution < -0.4 is 4.74 Å². The highest BCUT2D eigenvalue weighted by Gasteiger charge is 2.09. The van der Waals surface area contributed by atoms with Gasteiger partial charge in [0.25, 0.3) is 5.88 Å². The van der Waals surface area contributed by atoms with Crippen LogP contribution in [-0.2, 0) is 0 Å². The number of hydrogen-bond donors (Lipinski definition) is 0. The van der Waals surface area contributed by atoms with E-state index in [1.165, 1.54) is 7.11 Å². The molecule has 0 amide bonds. The van der Waals surface area contributed by atoms with Crippen LogP contribution in [-0.4, -0.2) is 17.3 Å². The molecule has 0 fully saturated rings. The molecule has 0 bridgehead atoms. The molecule has 0 aliphatic rings. The first-order valence-corrected chi connectivity index (χ1v) is 3.64. The first kappa shape index (κ1) is 8.56. The number of aromatic nitrogens is 2. The molecule has 0 spiro atoms. The van der Waals surface area contributed by atoms with Crippen molar-refractivity contribution in [2.45, 2.75) is 6.92 Å². The molecule has 5 heteroatoms. The molecular formula is C6H6Cl2N2O.